The quantitative estimate of drug-likeness (QED) is 0.557. The summed E-state index contributed by atoms with van der Waals surface area (Å²) in [6, 6.07) is 0. The Morgan fingerprint density at radius 1 is 1.21 bits per heavy atom. The summed E-state index contributed by atoms with van der Waals surface area (Å²) >= 11 is 5.79. The van der Waals surface area contributed by atoms with E-state index >= 15 is 0 Å². The smallest absolute Gasteiger partial charge is 0.425 e. The molecule has 3 heterocycles. The van der Waals surface area contributed by atoms with Gasteiger partial charge in [0.05, 0.1) is 43.2 Å². The second-order valence-corrected chi connectivity index (χ2v) is 7.70. The highest BCUT2D eigenvalue weighted by Gasteiger charge is 2.38. The number of anilines is 1. The average Bonchev–Trinajstić information content (AvgIpc) is 2.76. The first-order valence-electron chi connectivity index (χ1n) is 10.0. The van der Waals surface area contributed by atoms with Gasteiger partial charge in [-0.1, -0.05) is 11.6 Å². The van der Waals surface area contributed by atoms with Crippen LogP contribution in [-0.2, 0) is 15.7 Å². The summed E-state index contributed by atoms with van der Waals surface area (Å²) in [5.74, 6) is -0.229. The van der Waals surface area contributed by atoms with Crippen LogP contribution in [0, 0.1) is 0 Å². The number of halogens is 4. The summed E-state index contributed by atoms with van der Waals surface area (Å²) in [6.07, 6.45) is -1.75. The highest BCUT2D eigenvalue weighted by molar-refractivity contribution is 6.30. The Hall–Kier alpha value is -2.93. The van der Waals surface area contributed by atoms with E-state index in [9.17, 15) is 22.8 Å². The van der Waals surface area contributed by atoms with Crippen LogP contribution in [-0.4, -0.2) is 76.5 Å². The molecular formula is C19H22ClF3N6O4. The lowest BCUT2D eigenvalue weighted by Crippen LogP contribution is -2.49. The van der Waals surface area contributed by atoms with E-state index in [1.807, 2.05) is 4.90 Å². The summed E-state index contributed by atoms with van der Waals surface area (Å²) in [6.45, 7) is 3.64. The summed E-state index contributed by atoms with van der Waals surface area (Å²) in [7, 11) is 0. The lowest BCUT2D eigenvalue weighted by molar-refractivity contribution is -0.141. The maximum atomic E-state index is 13.1. The van der Waals surface area contributed by atoms with E-state index in [2.05, 4.69) is 15.1 Å². The minimum absolute atomic E-state index is 0.0704. The maximum absolute atomic E-state index is 13.1. The third-order valence-electron chi connectivity index (χ3n) is 4.77. The summed E-state index contributed by atoms with van der Waals surface area (Å²) in [5.41, 5.74) is -2.84. The molecule has 33 heavy (non-hydrogen) atoms. The number of carbonyl (C=O) groups is 1. The minimum Gasteiger partial charge on any atom is -0.486 e. The van der Waals surface area contributed by atoms with Crippen molar-refractivity contribution in [3.63, 3.8) is 0 Å². The molecule has 1 N–H and O–H groups in total. The van der Waals surface area contributed by atoms with Crippen LogP contribution >= 0.6 is 11.6 Å². The largest absolute Gasteiger partial charge is 0.486 e. The van der Waals surface area contributed by atoms with Crippen LogP contribution in [0.1, 0.15) is 18.9 Å². The third-order valence-corrected chi connectivity index (χ3v) is 4.96. The molecule has 0 aromatic carbocycles. The van der Waals surface area contributed by atoms with Crippen molar-refractivity contribution < 1.29 is 27.4 Å². The van der Waals surface area contributed by atoms with Crippen LogP contribution in [0.3, 0.4) is 0 Å². The topological polar surface area (TPSA) is 114 Å². The molecule has 0 saturated carbocycles. The number of carbonyl (C=O) groups excluding carboxylic acids is 1. The van der Waals surface area contributed by atoms with Gasteiger partial charge in [-0.2, -0.15) is 18.3 Å². The normalized spacial score (nSPS) is 15.4. The van der Waals surface area contributed by atoms with Gasteiger partial charge in [0.25, 0.3) is 5.56 Å². The molecule has 14 heteroatoms. The number of ether oxygens (including phenoxy) is 2. The number of amides is 1. The van der Waals surface area contributed by atoms with Crippen LogP contribution in [0.5, 0.6) is 5.75 Å². The fourth-order valence-electron chi connectivity index (χ4n) is 3.18. The molecule has 0 radical (unpaired) electrons. The molecule has 2 aromatic rings. The first kappa shape index (κ1) is 24.7. The van der Waals surface area contributed by atoms with Crippen molar-refractivity contribution in [2.24, 2.45) is 0 Å². The SMILES string of the molecule is CC(COCCC(=O)N1CCN(c2ncc(Cl)cn2)CC1)Oc1cn[nH]c(=O)c1C(F)(F)F. The number of piperazine rings is 1. The molecule has 2 aromatic heterocycles. The van der Waals surface area contributed by atoms with Crippen LogP contribution in [0.25, 0.3) is 0 Å². The van der Waals surface area contributed by atoms with Gasteiger partial charge < -0.3 is 19.3 Å². The lowest BCUT2D eigenvalue weighted by Gasteiger charge is -2.34. The lowest BCUT2D eigenvalue weighted by atomic mass is 10.2. The van der Waals surface area contributed by atoms with E-state index in [0.29, 0.717) is 37.1 Å². The molecule has 1 saturated heterocycles. The maximum Gasteiger partial charge on any atom is 0.425 e. The van der Waals surface area contributed by atoms with E-state index in [1.165, 1.54) is 19.3 Å². The summed E-state index contributed by atoms with van der Waals surface area (Å²) in [4.78, 5) is 35.8. The summed E-state index contributed by atoms with van der Waals surface area (Å²) < 4.78 is 49.7. The van der Waals surface area contributed by atoms with Gasteiger partial charge in [0.15, 0.2) is 11.3 Å². The molecule has 1 aliphatic heterocycles. The second kappa shape index (κ2) is 10.8. The van der Waals surface area contributed by atoms with Crippen LogP contribution in [0.15, 0.2) is 23.4 Å². The van der Waals surface area contributed by atoms with Crippen molar-refractivity contribution in [3.8, 4) is 5.75 Å². The molecule has 0 bridgehead atoms. The Kier molecular flexibility index (Phi) is 8.08. The first-order chi connectivity index (χ1) is 15.6. The van der Waals surface area contributed by atoms with Gasteiger partial charge in [0.2, 0.25) is 11.9 Å². The molecule has 1 aliphatic rings. The number of aromatic amines is 1. The van der Waals surface area contributed by atoms with E-state index < -0.39 is 29.2 Å². The number of nitrogens with zero attached hydrogens (tertiary/aromatic N) is 5. The molecular weight excluding hydrogens is 469 g/mol. The molecule has 0 spiro atoms. The Morgan fingerprint density at radius 3 is 2.52 bits per heavy atom. The molecule has 1 unspecified atom stereocenters. The third kappa shape index (κ3) is 6.78. The molecule has 1 fully saturated rings. The second-order valence-electron chi connectivity index (χ2n) is 7.26. The van der Waals surface area contributed by atoms with E-state index in [4.69, 9.17) is 21.1 Å². The van der Waals surface area contributed by atoms with E-state index in [1.54, 1.807) is 10.00 Å². The first-order valence-corrected chi connectivity index (χ1v) is 10.4. The molecule has 3 rings (SSSR count). The fourth-order valence-corrected chi connectivity index (χ4v) is 3.28. The standard InChI is InChI=1S/C19H22ClF3N6O4/c1-12(33-14-10-26-27-17(31)16(14)19(21,22)23)11-32-7-2-15(30)28-3-5-29(6-4-28)18-24-8-13(20)9-25-18/h8-10,12H,2-7,11H2,1H3,(H,27,31). The number of rotatable bonds is 8. The Labute approximate surface area is 191 Å². The van der Waals surface area contributed by atoms with Gasteiger partial charge in [-0.05, 0) is 6.92 Å². The average molecular weight is 491 g/mol. The summed E-state index contributed by atoms with van der Waals surface area (Å²) in [5, 5.41) is 5.52. The van der Waals surface area contributed by atoms with Crippen molar-refractivity contribution in [1.82, 2.24) is 25.1 Å². The van der Waals surface area contributed by atoms with Crippen LogP contribution in [0.2, 0.25) is 5.02 Å². The van der Waals surface area contributed by atoms with Crippen molar-refractivity contribution >= 4 is 23.5 Å². The van der Waals surface area contributed by atoms with Crippen molar-refractivity contribution in [3.05, 3.63) is 39.5 Å². The molecule has 10 nitrogen and oxygen atoms in total. The fraction of sp³-hybridized carbons (Fsp3) is 0.526. The zero-order chi connectivity index (χ0) is 24.0. The van der Waals surface area contributed by atoms with Crippen LogP contribution < -0.4 is 15.2 Å². The van der Waals surface area contributed by atoms with E-state index in [-0.39, 0.29) is 25.5 Å². The van der Waals surface area contributed by atoms with Crippen molar-refractivity contribution in [1.29, 1.82) is 0 Å². The van der Waals surface area contributed by atoms with Crippen molar-refractivity contribution in [2.45, 2.75) is 25.6 Å². The monoisotopic (exact) mass is 490 g/mol. The van der Waals surface area contributed by atoms with Gasteiger partial charge in [0, 0.05) is 26.2 Å². The molecule has 0 aliphatic carbocycles. The number of nitrogens with one attached hydrogen (secondary N) is 1. The highest BCUT2D eigenvalue weighted by atomic mass is 35.5. The van der Waals surface area contributed by atoms with Gasteiger partial charge in [-0.15, -0.1) is 0 Å². The van der Waals surface area contributed by atoms with Crippen LogP contribution in [0.4, 0.5) is 19.1 Å². The van der Waals surface area contributed by atoms with Gasteiger partial charge in [-0.3, -0.25) is 9.59 Å². The van der Waals surface area contributed by atoms with E-state index in [0.717, 1.165) is 6.20 Å². The Bertz CT molecular complexity index is 996. The number of aromatic nitrogens is 4. The molecule has 1 atom stereocenters. The molecule has 180 valence electrons. The number of hydrogen-bond donors (Lipinski definition) is 1. The van der Waals surface area contributed by atoms with Crippen molar-refractivity contribution in [2.75, 3.05) is 44.3 Å². The minimum atomic E-state index is -4.89. The zero-order valence-corrected chi connectivity index (χ0v) is 18.4. The number of H-pyrrole nitrogens is 1. The van der Waals surface area contributed by atoms with Gasteiger partial charge in [0.1, 0.15) is 6.10 Å². The van der Waals surface area contributed by atoms with Gasteiger partial charge >= 0.3 is 6.18 Å². The number of hydrogen-bond acceptors (Lipinski definition) is 8. The predicted octanol–water partition coefficient (Wildman–Crippen LogP) is 1.75. The Morgan fingerprint density at radius 2 is 1.88 bits per heavy atom. The predicted molar refractivity (Wildman–Crippen MR) is 111 cm³/mol. The highest BCUT2D eigenvalue weighted by Crippen LogP contribution is 2.33. The number of alkyl halides is 3. The molecule has 1 amide bonds. The Balaban J connectivity index is 1.39. The zero-order valence-electron chi connectivity index (χ0n) is 17.6. The van der Waals surface area contributed by atoms with Gasteiger partial charge in [-0.25, -0.2) is 15.1 Å².